The van der Waals surface area contributed by atoms with E-state index in [1.54, 1.807) is 0 Å². The number of nitrogens with zero attached hydrogens (tertiary/aromatic N) is 1. The quantitative estimate of drug-likeness (QED) is 0.825. The molecule has 0 aromatic heterocycles. The smallest absolute Gasteiger partial charge is 0.412 e. The van der Waals surface area contributed by atoms with Crippen molar-refractivity contribution >= 4 is 29.0 Å². The number of amides is 1. The van der Waals surface area contributed by atoms with Gasteiger partial charge in [0.15, 0.2) is 11.6 Å². The summed E-state index contributed by atoms with van der Waals surface area (Å²) >= 11 is 5.15. The monoisotopic (exact) mass is 300 g/mol. The Kier molecular flexibility index (Phi) is 4.49. The molecule has 0 bridgehead atoms. The number of thiocarbonyl (C=S) groups is 1. The highest BCUT2D eigenvalue weighted by Crippen LogP contribution is 2.26. The molecular formula is C13H14F2N2O2S. The van der Waals surface area contributed by atoms with Crippen molar-refractivity contribution < 1.29 is 18.7 Å². The summed E-state index contributed by atoms with van der Waals surface area (Å²) in [5.41, 5.74) is -0.312. The van der Waals surface area contributed by atoms with Crippen molar-refractivity contribution in [1.29, 1.82) is 0 Å². The average molecular weight is 300 g/mol. The third-order valence-electron chi connectivity index (χ3n) is 3.21. The molecule has 1 aromatic carbocycles. The van der Waals surface area contributed by atoms with Gasteiger partial charge in [-0.15, -0.1) is 0 Å². The van der Waals surface area contributed by atoms with Gasteiger partial charge in [0.25, 0.3) is 0 Å². The number of rotatable bonds is 2. The summed E-state index contributed by atoms with van der Waals surface area (Å²) in [5.74, 6) is -2.26. The van der Waals surface area contributed by atoms with E-state index in [4.69, 9.17) is 12.2 Å². The second-order valence-corrected chi connectivity index (χ2v) is 4.97. The van der Waals surface area contributed by atoms with Crippen LogP contribution < -0.4 is 10.2 Å². The first-order chi connectivity index (χ1) is 9.52. The van der Waals surface area contributed by atoms with Gasteiger partial charge in [-0.05, 0) is 31.4 Å². The van der Waals surface area contributed by atoms with Gasteiger partial charge in [0.2, 0.25) is 0 Å². The molecule has 0 aliphatic carbocycles. The van der Waals surface area contributed by atoms with Crippen molar-refractivity contribution in [3.63, 3.8) is 0 Å². The molecule has 4 nitrogen and oxygen atoms in total. The standard InChI is InChI=1S/C13H14F2N2O2S/c14-8-4-3-6-9(11(8)15)17(13(18)19)10-5-1-2-7-16-12(10)20/h3-4,6,10H,1-2,5,7H2,(H,16,20)(H,18,19). The van der Waals surface area contributed by atoms with Crippen LogP contribution in [0.5, 0.6) is 0 Å². The molecule has 1 fully saturated rings. The summed E-state index contributed by atoms with van der Waals surface area (Å²) in [7, 11) is 0. The Morgan fingerprint density at radius 2 is 2.15 bits per heavy atom. The highest BCUT2D eigenvalue weighted by Gasteiger charge is 2.31. The van der Waals surface area contributed by atoms with Crippen LogP contribution in [0, 0.1) is 11.6 Å². The van der Waals surface area contributed by atoms with Crippen molar-refractivity contribution in [2.75, 3.05) is 11.4 Å². The fourth-order valence-corrected chi connectivity index (χ4v) is 2.58. The van der Waals surface area contributed by atoms with Crippen LogP contribution in [0.4, 0.5) is 19.3 Å². The molecule has 0 saturated carbocycles. The Hall–Kier alpha value is -1.76. The van der Waals surface area contributed by atoms with Crippen LogP contribution in [-0.2, 0) is 0 Å². The summed E-state index contributed by atoms with van der Waals surface area (Å²) in [6.07, 6.45) is 0.744. The highest BCUT2D eigenvalue weighted by atomic mass is 32.1. The lowest BCUT2D eigenvalue weighted by Crippen LogP contribution is -2.48. The number of carbonyl (C=O) groups is 1. The fourth-order valence-electron chi connectivity index (χ4n) is 2.25. The molecule has 1 aliphatic rings. The topological polar surface area (TPSA) is 52.6 Å². The van der Waals surface area contributed by atoms with Crippen molar-refractivity contribution in [1.82, 2.24) is 5.32 Å². The molecule has 108 valence electrons. The van der Waals surface area contributed by atoms with Crippen molar-refractivity contribution in [2.24, 2.45) is 0 Å². The maximum atomic E-state index is 13.9. The number of benzene rings is 1. The first-order valence-electron chi connectivity index (χ1n) is 6.26. The molecule has 1 atom stereocenters. The molecule has 1 aliphatic heterocycles. The third kappa shape index (κ3) is 2.87. The number of hydrogen-bond acceptors (Lipinski definition) is 2. The molecule has 1 amide bonds. The summed E-state index contributed by atoms with van der Waals surface area (Å²) in [5, 5.41) is 12.3. The zero-order chi connectivity index (χ0) is 14.7. The van der Waals surface area contributed by atoms with Crippen molar-refractivity contribution in [3.05, 3.63) is 29.8 Å². The number of hydrogen-bond donors (Lipinski definition) is 2. The number of anilines is 1. The largest absolute Gasteiger partial charge is 0.465 e. The van der Waals surface area contributed by atoms with E-state index in [9.17, 15) is 18.7 Å². The lowest BCUT2D eigenvalue weighted by atomic mass is 10.1. The van der Waals surface area contributed by atoms with Gasteiger partial charge < -0.3 is 10.4 Å². The minimum Gasteiger partial charge on any atom is -0.465 e. The maximum Gasteiger partial charge on any atom is 0.412 e. The van der Waals surface area contributed by atoms with Crippen LogP contribution >= 0.6 is 12.2 Å². The summed E-state index contributed by atoms with van der Waals surface area (Å²) < 4.78 is 27.2. The van der Waals surface area contributed by atoms with Crippen LogP contribution in [0.25, 0.3) is 0 Å². The third-order valence-corrected chi connectivity index (χ3v) is 3.63. The Bertz CT molecular complexity index is 539. The Morgan fingerprint density at radius 1 is 1.40 bits per heavy atom. The first-order valence-corrected chi connectivity index (χ1v) is 6.67. The number of carboxylic acid groups (broad SMARTS) is 1. The predicted molar refractivity (Wildman–Crippen MR) is 75.1 cm³/mol. The second-order valence-electron chi connectivity index (χ2n) is 4.53. The van der Waals surface area contributed by atoms with Gasteiger partial charge in [-0.3, -0.25) is 4.90 Å². The molecule has 7 heteroatoms. The van der Waals surface area contributed by atoms with E-state index in [2.05, 4.69) is 5.32 Å². The Labute approximate surface area is 120 Å². The summed E-state index contributed by atoms with van der Waals surface area (Å²) in [6, 6.07) is 2.78. The normalized spacial score (nSPS) is 19.1. The van der Waals surface area contributed by atoms with Crippen LogP contribution in [0.15, 0.2) is 18.2 Å². The lowest BCUT2D eigenvalue weighted by molar-refractivity contribution is 0.200. The van der Waals surface area contributed by atoms with E-state index in [1.165, 1.54) is 12.1 Å². The molecule has 1 aromatic rings. The van der Waals surface area contributed by atoms with Gasteiger partial charge in [-0.1, -0.05) is 18.3 Å². The van der Waals surface area contributed by atoms with Crippen molar-refractivity contribution in [3.8, 4) is 0 Å². The van der Waals surface area contributed by atoms with E-state index >= 15 is 0 Å². The van der Waals surface area contributed by atoms with E-state index in [-0.39, 0.29) is 5.69 Å². The van der Waals surface area contributed by atoms with Gasteiger partial charge in [0, 0.05) is 6.54 Å². The zero-order valence-corrected chi connectivity index (χ0v) is 11.4. The summed E-state index contributed by atoms with van der Waals surface area (Å²) in [4.78, 5) is 12.6. The Balaban J connectivity index is 2.42. The van der Waals surface area contributed by atoms with Crippen LogP contribution in [-0.4, -0.2) is 28.8 Å². The van der Waals surface area contributed by atoms with E-state index in [0.717, 1.165) is 23.8 Å². The van der Waals surface area contributed by atoms with Gasteiger partial charge in [-0.25, -0.2) is 13.6 Å². The minimum absolute atomic E-state index is 0.312. The first kappa shape index (κ1) is 14.6. The molecule has 1 saturated heterocycles. The molecular weight excluding hydrogens is 286 g/mol. The highest BCUT2D eigenvalue weighted by molar-refractivity contribution is 7.80. The molecule has 1 heterocycles. The van der Waals surface area contributed by atoms with Crippen LogP contribution in [0.3, 0.4) is 0 Å². The molecule has 2 N–H and O–H groups in total. The SMILES string of the molecule is O=C(O)N(c1cccc(F)c1F)C1CCCCNC1=S. The molecule has 0 radical (unpaired) electrons. The second kappa shape index (κ2) is 6.13. The minimum atomic E-state index is -1.36. The van der Waals surface area contributed by atoms with Gasteiger partial charge in [0.05, 0.1) is 16.7 Å². The molecule has 2 rings (SSSR count). The summed E-state index contributed by atoms with van der Waals surface area (Å²) in [6.45, 7) is 0.661. The lowest BCUT2D eigenvalue weighted by Gasteiger charge is -2.29. The van der Waals surface area contributed by atoms with E-state index in [1.807, 2.05) is 0 Å². The predicted octanol–water partition coefficient (Wildman–Crippen LogP) is 2.92. The van der Waals surface area contributed by atoms with Gasteiger partial charge in [-0.2, -0.15) is 0 Å². The Morgan fingerprint density at radius 3 is 2.85 bits per heavy atom. The van der Waals surface area contributed by atoms with E-state index < -0.39 is 23.8 Å². The average Bonchev–Trinajstić information content (AvgIpc) is 2.60. The van der Waals surface area contributed by atoms with Gasteiger partial charge >= 0.3 is 6.09 Å². The number of halogens is 2. The van der Waals surface area contributed by atoms with Crippen LogP contribution in [0.1, 0.15) is 19.3 Å². The molecule has 1 unspecified atom stereocenters. The van der Waals surface area contributed by atoms with Crippen molar-refractivity contribution in [2.45, 2.75) is 25.3 Å². The van der Waals surface area contributed by atoms with Crippen LogP contribution in [0.2, 0.25) is 0 Å². The molecule has 20 heavy (non-hydrogen) atoms. The fraction of sp³-hybridized carbons (Fsp3) is 0.385. The van der Waals surface area contributed by atoms with Gasteiger partial charge in [0.1, 0.15) is 0 Å². The maximum absolute atomic E-state index is 13.9. The van der Waals surface area contributed by atoms with E-state index in [0.29, 0.717) is 18.0 Å². The number of nitrogens with one attached hydrogen (secondary N) is 1. The zero-order valence-electron chi connectivity index (χ0n) is 10.6. The molecule has 0 spiro atoms.